The van der Waals surface area contributed by atoms with E-state index in [1.54, 1.807) is 48.5 Å². The van der Waals surface area contributed by atoms with E-state index < -0.39 is 23.6 Å². The number of rotatable bonds is 4. The molecular weight excluding hydrogens is 382 g/mol. The standard InChI is InChI=1S/C18H13BrF2O3/c19-13-8-4-7-12-9-18(16(20)21,15(22)14(12)13)17(23)24-10-11-5-2-1-3-6-11/h1-8,16H,9-10H2. The average Bonchev–Trinajstić information content (AvgIpc) is 2.89. The Labute approximate surface area is 145 Å². The van der Waals surface area contributed by atoms with Crippen molar-refractivity contribution in [1.29, 1.82) is 0 Å². The first-order valence-electron chi connectivity index (χ1n) is 7.28. The fourth-order valence-corrected chi connectivity index (χ4v) is 3.44. The van der Waals surface area contributed by atoms with Crippen LogP contribution in [-0.2, 0) is 22.6 Å². The molecule has 1 unspecified atom stereocenters. The molecule has 0 fully saturated rings. The zero-order valence-corrected chi connectivity index (χ0v) is 14.1. The molecule has 0 aliphatic heterocycles. The van der Waals surface area contributed by atoms with Crippen LogP contribution in [0.2, 0.25) is 0 Å². The van der Waals surface area contributed by atoms with Crippen molar-refractivity contribution < 1.29 is 23.1 Å². The summed E-state index contributed by atoms with van der Waals surface area (Å²) in [5.41, 5.74) is -1.25. The van der Waals surface area contributed by atoms with E-state index in [2.05, 4.69) is 15.9 Å². The molecule has 0 saturated heterocycles. The fourth-order valence-electron chi connectivity index (χ4n) is 2.86. The maximum Gasteiger partial charge on any atom is 0.326 e. The normalized spacial score (nSPS) is 19.4. The van der Waals surface area contributed by atoms with Crippen molar-refractivity contribution in [2.45, 2.75) is 19.5 Å². The molecule has 0 bridgehead atoms. The summed E-state index contributed by atoms with van der Waals surface area (Å²) < 4.78 is 33.0. The second kappa shape index (κ2) is 6.43. The molecule has 124 valence electrons. The van der Waals surface area contributed by atoms with Gasteiger partial charge in [0.1, 0.15) is 6.61 Å². The number of carbonyl (C=O) groups is 2. The van der Waals surface area contributed by atoms with Gasteiger partial charge in [-0.25, -0.2) is 8.78 Å². The maximum atomic E-state index is 13.8. The molecule has 0 radical (unpaired) electrons. The molecule has 0 N–H and O–H groups in total. The number of fused-ring (bicyclic) bond motifs is 1. The summed E-state index contributed by atoms with van der Waals surface area (Å²) in [6.45, 7) is -0.154. The van der Waals surface area contributed by atoms with Gasteiger partial charge in [-0.2, -0.15) is 0 Å². The Kier molecular flexibility index (Phi) is 4.49. The van der Waals surface area contributed by atoms with Crippen molar-refractivity contribution in [2.75, 3.05) is 0 Å². The van der Waals surface area contributed by atoms with Crippen LogP contribution in [0.15, 0.2) is 53.0 Å². The van der Waals surface area contributed by atoms with E-state index in [4.69, 9.17) is 4.74 Å². The molecule has 0 spiro atoms. The van der Waals surface area contributed by atoms with Gasteiger partial charge in [0.2, 0.25) is 0 Å². The Hall–Kier alpha value is -2.08. The minimum absolute atomic E-state index is 0.134. The zero-order chi connectivity index (χ0) is 17.3. The van der Waals surface area contributed by atoms with Crippen LogP contribution in [0.4, 0.5) is 8.78 Å². The van der Waals surface area contributed by atoms with E-state index in [0.717, 1.165) is 0 Å². The van der Waals surface area contributed by atoms with Gasteiger partial charge in [-0.1, -0.05) is 58.4 Å². The van der Waals surface area contributed by atoms with Crippen molar-refractivity contribution in [2.24, 2.45) is 5.41 Å². The molecule has 2 aromatic rings. The Bertz CT molecular complexity index is 792. The molecule has 0 amide bonds. The summed E-state index contributed by atoms with van der Waals surface area (Å²) in [6.07, 6.45) is -3.50. The van der Waals surface area contributed by atoms with Crippen LogP contribution in [0.5, 0.6) is 0 Å². The van der Waals surface area contributed by atoms with Gasteiger partial charge < -0.3 is 4.74 Å². The second-order valence-electron chi connectivity index (χ2n) is 5.61. The van der Waals surface area contributed by atoms with Gasteiger partial charge >= 0.3 is 5.97 Å². The molecule has 0 heterocycles. The lowest BCUT2D eigenvalue weighted by atomic mass is 9.84. The smallest absolute Gasteiger partial charge is 0.326 e. The highest BCUT2D eigenvalue weighted by Gasteiger charge is 2.60. The number of alkyl halides is 2. The highest BCUT2D eigenvalue weighted by molar-refractivity contribution is 9.10. The lowest BCUT2D eigenvalue weighted by molar-refractivity contribution is -0.161. The SMILES string of the molecule is O=C(OCc1ccccc1)C1(C(F)F)Cc2cccc(Br)c2C1=O. The number of carbonyl (C=O) groups excluding carboxylic acids is 2. The molecule has 0 saturated carbocycles. The first kappa shape index (κ1) is 16.8. The van der Waals surface area contributed by atoms with E-state index in [1.807, 2.05) is 0 Å². The van der Waals surface area contributed by atoms with Gasteiger partial charge in [0.05, 0.1) is 0 Å². The number of hydrogen-bond donors (Lipinski definition) is 0. The number of hydrogen-bond acceptors (Lipinski definition) is 3. The summed E-state index contributed by atoms with van der Waals surface area (Å²) in [6, 6.07) is 13.5. The quantitative estimate of drug-likeness (QED) is 0.576. The predicted molar refractivity (Wildman–Crippen MR) is 86.9 cm³/mol. The molecule has 1 aliphatic rings. The average molecular weight is 395 g/mol. The molecule has 3 nitrogen and oxygen atoms in total. The monoisotopic (exact) mass is 394 g/mol. The van der Waals surface area contributed by atoms with E-state index >= 15 is 0 Å². The Morgan fingerprint density at radius 3 is 2.50 bits per heavy atom. The van der Waals surface area contributed by atoms with Crippen LogP contribution in [-0.4, -0.2) is 18.2 Å². The van der Waals surface area contributed by atoms with Crippen LogP contribution in [0.1, 0.15) is 21.5 Å². The first-order valence-corrected chi connectivity index (χ1v) is 8.07. The van der Waals surface area contributed by atoms with E-state index in [-0.39, 0.29) is 18.6 Å². The highest BCUT2D eigenvalue weighted by Crippen LogP contribution is 2.45. The Morgan fingerprint density at radius 1 is 1.17 bits per heavy atom. The summed E-state index contributed by atoms with van der Waals surface area (Å²) in [4.78, 5) is 25.1. The molecule has 2 aromatic carbocycles. The predicted octanol–water partition coefficient (Wildman–Crippen LogP) is 4.18. The number of ketones is 1. The van der Waals surface area contributed by atoms with Crippen LogP contribution in [0, 0.1) is 5.41 Å². The molecular formula is C18H13BrF2O3. The Balaban J connectivity index is 1.89. The van der Waals surface area contributed by atoms with Crippen LogP contribution >= 0.6 is 15.9 Å². The van der Waals surface area contributed by atoms with Gasteiger partial charge in [-0.15, -0.1) is 0 Å². The fraction of sp³-hybridized carbons (Fsp3) is 0.222. The van der Waals surface area contributed by atoms with Crippen molar-refractivity contribution in [3.63, 3.8) is 0 Å². The number of benzene rings is 2. The third-order valence-corrected chi connectivity index (χ3v) is 4.81. The van der Waals surface area contributed by atoms with E-state index in [0.29, 0.717) is 15.6 Å². The largest absolute Gasteiger partial charge is 0.460 e. The molecule has 6 heteroatoms. The van der Waals surface area contributed by atoms with Crippen LogP contribution in [0.3, 0.4) is 0 Å². The molecule has 3 rings (SSSR count). The van der Waals surface area contributed by atoms with E-state index in [9.17, 15) is 18.4 Å². The zero-order valence-electron chi connectivity index (χ0n) is 12.5. The summed E-state index contributed by atoms with van der Waals surface area (Å²) >= 11 is 3.20. The molecule has 0 aromatic heterocycles. The molecule has 1 atom stereocenters. The van der Waals surface area contributed by atoms with Crippen molar-refractivity contribution in [3.05, 3.63) is 69.7 Å². The van der Waals surface area contributed by atoms with Gasteiger partial charge in [0.25, 0.3) is 6.43 Å². The van der Waals surface area contributed by atoms with Gasteiger partial charge in [-0.05, 0) is 17.2 Å². The molecule has 1 aliphatic carbocycles. The number of Topliss-reactive ketones (excluding diaryl/α,β-unsaturated/α-hetero) is 1. The number of esters is 1. The topological polar surface area (TPSA) is 43.4 Å². The van der Waals surface area contributed by atoms with Crippen molar-refractivity contribution in [3.8, 4) is 0 Å². The summed E-state index contributed by atoms with van der Waals surface area (Å²) in [7, 11) is 0. The van der Waals surface area contributed by atoms with Gasteiger partial charge in [-0.3, -0.25) is 9.59 Å². The number of ether oxygens (including phenoxy) is 1. The van der Waals surface area contributed by atoms with Crippen LogP contribution < -0.4 is 0 Å². The minimum atomic E-state index is -3.15. The first-order chi connectivity index (χ1) is 11.5. The minimum Gasteiger partial charge on any atom is -0.460 e. The van der Waals surface area contributed by atoms with Crippen LogP contribution in [0.25, 0.3) is 0 Å². The van der Waals surface area contributed by atoms with Gasteiger partial charge in [0, 0.05) is 16.5 Å². The number of halogens is 3. The van der Waals surface area contributed by atoms with Crippen molar-refractivity contribution >= 4 is 27.7 Å². The summed E-state index contributed by atoms with van der Waals surface area (Å²) in [5.74, 6) is -2.08. The van der Waals surface area contributed by atoms with Crippen molar-refractivity contribution in [1.82, 2.24) is 0 Å². The third-order valence-electron chi connectivity index (χ3n) is 4.15. The molecule has 24 heavy (non-hydrogen) atoms. The summed E-state index contributed by atoms with van der Waals surface area (Å²) in [5, 5.41) is 0. The lowest BCUT2D eigenvalue weighted by Gasteiger charge is -2.24. The van der Waals surface area contributed by atoms with Gasteiger partial charge in [0.15, 0.2) is 11.2 Å². The lowest BCUT2D eigenvalue weighted by Crippen LogP contribution is -2.45. The highest BCUT2D eigenvalue weighted by atomic mass is 79.9. The maximum absolute atomic E-state index is 13.8. The van der Waals surface area contributed by atoms with E-state index in [1.165, 1.54) is 0 Å². The second-order valence-corrected chi connectivity index (χ2v) is 6.47. The third kappa shape index (κ3) is 2.65. The Morgan fingerprint density at radius 2 is 1.88 bits per heavy atom.